The Balaban J connectivity index is 1.66. The standard InChI is InChI=1S/C31H38N4O3S/c1-22-8-6-7-11-25(22)27-18-24(12-13-26(27)30(36)34-28(31(37)38)14-17-39-2)21-35(29-19-32-15-16-33-29)20-23-9-4-3-5-10-23/h6-8,11-13,15-16,18-19,23,28H,3-5,9-10,14,17,20-21H2,1-2H3,(H,34,36)(H,37,38). The lowest BCUT2D eigenvalue weighted by atomic mass is 9.88. The molecule has 1 amide bonds. The van der Waals surface area contributed by atoms with Gasteiger partial charge in [-0.25, -0.2) is 9.78 Å². The molecular formula is C31H38N4O3S. The molecule has 0 radical (unpaired) electrons. The smallest absolute Gasteiger partial charge is 0.326 e. The molecule has 7 nitrogen and oxygen atoms in total. The quantitative estimate of drug-likeness (QED) is 0.289. The van der Waals surface area contributed by atoms with Gasteiger partial charge in [0.2, 0.25) is 0 Å². The van der Waals surface area contributed by atoms with Gasteiger partial charge in [-0.3, -0.25) is 9.78 Å². The number of carboxylic acid groups (broad SMARTS) is 1. The Morgan fingerprint density at radius 3 is 2.59 bits per heavy atom. The van der Waals surface area contributed by atoms with Crippen molar-refractivity contribution in [2.24, 2.45) is 5.92 Å². The number of aromatic nitrogens is 2. The summed E-state index contributed by atoms with van der Waals surface area (Å²) in [7, 11) is 0. The summed E-state index contributed by atoms with van der Waals surface area (Å²) in [6, 6.07) is 12.9. The maximum atomic E-state index is 13.4. The average Bonchev–Trinajstić information content (AvgIpc) is 2.96. The zero-order valence-corrected chi connectivity index (χ0v) is 23.6. The number of hydrogen-bond donors (Lipinski definition) is 2. The Morgan fingerprint density at radius 2 is 1.90 bits per heavy atom. The van der Waals surface area contributed by atoms with Crippen molar-refractivity contribution < 1.29 is 14.7 Å². The number of carboxylic acids is 1. The molecule has 206 valence electrons. The fourth-order valence-electron chi connectivity index (χ4n) is 5.31. The number of aliphatic carboxylic acids is 1. The average molecular weight is 547 g/mol. The minimum Gasteiger partial charge on any atom is -0.480 e. The van der Waals surface area contributed by atoms with Crippen molar-refractivity contribution in [3.63, 3.8) is 0 Å². The highest BCUT2D eigenvalue weighted by Crippen LogP contribution is 2.31. The highest BCUT2D eigenvalue weighted by molar-refractivity contribution is 7.98. The molecule has 2 N–H and O–H groups in total. The summed E-state index contributed by atoms with van der Waals surface area (Å²) >= 11 is 1.56. The van der Waals surface area contributed by atoms with Crippen molar-refractivity contribution in [3.8, 4) is 11.1 Å². The Labute approximate surface area is 235 Å². The van der Waals surface area contributed by atoms with E-state index in [1.165, 1.54) is 32.1 Å². The van der Waals surface area contributed by atoms with Crippen LogP contribution in [0.3, 0.4) is 0 Å². The van der Waals surface area contributed by atoms with Crippen LogP contribution in [0.5, 0.6) is 0 Å². The molecule has 4 rings (SSSR count). The lowest BCUT2D eigenvalue weighted by Crippen LogP contribution is -2.41. The van der Waals surface area contributed by atoms with Crippen molar-refractivity contribution in [3.05, 3.63) is 77.7 Å². The molecule has 0 aliphatic heterocycles. The number of carbonyl (C=O) groups excluding carboxylic acids is 1. The molecule has 2 aromatic carbocycles. The second-order valence-corrected chi connectivity index (χ2v) is 11.3. The summed E-state index contributed by atoms with van der Waals surface area (Å²) in [5.74, 6) is 0.728. The molecule has 1 saturated carbocycles. The summed E-state index contributed by atoms with van der Waals surface area (Å²) in [4.78, 5) is 36.5. The fraction of sp³-hybridized carbons (Fsp3) is 0.419. The Morgan fingerprint density at radius 1 is 1.10 bits per heavy atom. The molecule has 1 aliphatic carbocycles. The topological polar surface area (TPSA) is 95.4 Å². The Kier molecular flexibility index (Phi) is 10.4. The van der Waals surface area contributed by atoms with E-state index in [1.807, 2.05) is 55.8 Å². The number of benzene rings is 2. The number of carbonyl (C=O) groups is 2. The van der Waals surface area contributed by atoms with Gasteiger partial charge >= 0.3 is 5.97 Å². The lowest BCUT2D eigenvalue weighted by Gasteiger charge is -2.30. The predicted octanol–water partition coefficient (Wildman–Crippen LogP) is 5.98. The zero-order valence-electron chi connectivity index (χ0n) is 22.8. The van der Waals surface area contributed by atoms with E-state index in [9.17, 15) is 14.7 Å². The highest BCUT2D eigenvalue weighted by atomic mass is 32.2. The maximum absolute atomic E-state index is 13.4. The van der Waals surface area contributed by atoms with Gasteiger partial charge in [0.15, 0.2) is 0 Å². The summed E-state index contributed by atoms with van der Waals surface area (Å²) in [6.07, 6.45) is 13.8. The van der Waals surface area contributed by atoms with E-state index in [0.717, 1.165) is 34.6 Å². The van der Waals surface area contributed by atoms with Gasteiger partial charge in [0.1, 0.15) is 11.9 Å². The number of nitrogens with one attached hydrogen (secondary N) is 1. The number of anilines is 1. The van der Waals surface area contributed by atoms with E-state index in [-0.39, 0.29) is 5.91 Å². The highest BCUT2D eigenvalue weighted by Gasteiger charge is 2.24. The fourth-order valence-corrected chi connectivity index (χ4v) is 5.78. The van der Waals surface area contributed by atoms with Crippen molar-refractivity contribution in [1.29, 1.82) is 0 Å². The molecule has 0 spiro atoms. The van der Waals surface area contributed by atoms with Gasteiger partial charge in [-0.1, -0.05) is 49.6 Å². The van der Waals surface area contributed by atoms with Crippen LogP contribution in [0.4, 0.5) is 5.82 Å². The van der Waals surface area contributed by atoms with Crippen LogP contribution in [0.25, 0.3) is 11.1 Å². The van der Waals surface area contributed by atoms with Crippen molar-refractivity contribution in [2.45, 2.75) is 58.0 Å². The first-order chi connectivity index (χ1) is 19.0. The van der Waals surface area contributed by atoms with E-state index in [4.69, 9.17) is 0 Å². The monoisotopic (exact) mass is 546 g/mol. The van der Waals surface area contributed by atoms with E-state index in [2.05, 4.69) is 26.3 Å². The Hall–Kier alpha value is -3.39. The molecule has 1 heterocycles. The number of rotatable bonds is 12. The third-order valence-electron chi connectivity index (χ3n) is 7.43. The van der Waals surface area contributed by atoms with Crippen LogP contribution in [-0.4, -0.2) is 51.5 Å². The minimum atomic E-state index is -1.02. The first kappa shape index (κ1) is 28.6. The summed E-state index contributed by atoms with van der Waals surface area (Å²) < 4.78 is 0. The number of hydrogen-bond acceptors (Lipinski definition) is 6. The van der Waals surface area contributed by atoms with Gasteiger partial charge in [-0.15, -0.1) is 0 Å². The molecule has 0 saturated heterocycles. The van der Waals surface area contributed by atoms with Crippen LogP contribution < -0.4 is 10.2 Å². The van der Waals surface area contributed by atoms with Crippen LogP contribution in [-0.2, 0) is 11.3 Å². The zero-order chi connectivity index (χ0) is 27.6. The number of aryl methyl sites for hydroxylation is 1. The summed E-state index contributed by atoms with van der Waals surface area (Å²) in [5, 5.41) is 12.4. The van der Waals surface area contributed by atoms with Crippen molar-refractivity contribution >= 4 is 29.5 Å². The number of thioether (sulfide) groups is 1. The molecule has 1 unspecified atom stereocenters. The summed E-state index contributed by atoms with van der Waals surface area (Å²) in [6.45, 7) is 3.58. The number of amides is 1. The van der Waals surface area contributed by atoms with Crippen LogP contribution in [0.2, 0.25) is 0 Å². The molecule has 1 fully saturated rings. The van der Waals surface area contributed by atoms with Crippen LogP contribution in [0.15, 0.2) is 61.1 Å². The third kappa shape index (κ3) is 7.82. The van der Waals surface area contributed by atoms with E-state index in [0.29, 0.717) is 30.2 Å². The van der Waals surface area contributed by atoms with Crippen LogP contribution >= 0.6 is 11.8 Å². The third-order valence-corrected chi connectivity index (χ3v) is 8.07. The maximum Gasteiger partial charge on any atom is 0.326 e. The molecule has 1 aromatic heterocycles. The largest absolute Gasteiger partial charge is 0.480 e. The first-order valence-electron chi connectivity index (χ1n) is 13.7. The molecule has 3 aromatic rings. The van der Waals surface area contributed by atoms with Gasteiger partial charge in [-0.05, 0) is 78.5 Å². The van der Waals surface area contributed by atoms with Crippen LogP contribution in [0, 0.1) is 12.8 Å². The minimum absolute atomic E-state index is 0.369. The summed E-state index contributed by atoms with van der Waals surface area (Å²) in [5.41, 5.74) is 4.34. The SMILES string of the molecule is CSCCC(NC(=O)c1ccc(CN(CC2CCCCC2)c2cnccn2)cc1-c1ccccc1C)C(=O)O. The second kappa shape index (κ2) is 14.1. The van der Waals surface area contributed by atoms with Gasteiger partial charge in [0.25, 0.3) is 5.91 Å². The van der Waals surface area contributed by atoms with Crippen molar-refractivity contribution in [2.75, 3.05) is 23.5 Å². The van der Waals surface area contributed by atoms with E-state index >= 15 is 0 Å². The predicted molar refractivity (Wildman–Crippen MR) is 158 cm³/mol. The second-order valence-electron chi connectivity index (χ2n) is 10.3. The number of nitrogens with zero attached hydrogens (tertiary/aromatic N) is 3. The first-order valence-corrected chi connectivity index (χ1v) is 15.1. The van der Waals surface area contributed by atoms with E-state index in [1.54, 1.807) is 24.2 Å². The van der Waals surface area contributed by atoms with Crippen molar-refractivity contribution in [1.82, 2.24) is 15.3 Å². The van der Waals surface area contributed by atoms with Gasteiger partial charge in [0, 0.05) is 31.0 Å². The van der Waals surface area contributed by atoms with Gasteiger partial charge < -0.3 is 15.3 Å². The molecule has 39 heavy (non-hydrogen) atoms. The molecule has 1 atom stereocenters. The Bertz CT molecular complexity index is 1250. The molecular weight excluding hydrogens is 508 g/mol. The molecule has 0 bridgehead atoms. The van der Waals surface area contributed by atoms with Crippen LogP contribution in [0.1, 0.15) is 60.0 Å². The molecule has 8 heteroatoms. The molecule has 1 aliphatic rings. The van der Waals surface area contributed by atoms with E-state index < -0.39 is 12.0 Å². The van der Waals surface area contributed by atoms with Gasteiger partial charge in [-0.2, -0.15) is 11.8 Å². The normalized spacial score (nSPS) is 14.5. The lowest BCUT2D eigenvalue weighted by molar-refractivity contribution is -0.139. The van der Waals surface area contributed by atoms with Gasteiger partial charge in [0.05, 0.1) is 6.20 Å².